The predicted octanol–water partition coefficient (Wildman–Crippen LogP) is 2.45. The monoisotopic (exact) mass is 288 g/mol. The maximum atomic E-state index is 5.60. The summed E-state index contributed by atoms with van der Waals surface area (Å²) in [5.41, 5.74) is 3.07. The van der Waals surface area contributed by atoms with Crippen molar-refractivity contribution in [3.05, 3.63) is 35.4 Å². The third-order valence-corrected chi connectivity index (χ3v) is 4.89. The molecule has 0 radical (unpaired) electrons. The topological polar surface area (TPSA) is 24.5 Å². The van der Waals surface area contributed by atoms with E-state index in [1.165, 1.54) is 31.4 Å². The minimum Gasteiger partial charge on any atom is -0.381 e. The Balaban J connectivity index is 1.65. The molecule has 2 atom stereocenters. The molecule has 1 fully saturated rings. The lowest BCUT2D eigenvalue weighted by Gasteiger charge is -2.30. The summed E-state index contributed by atoms with van der Waals surface area (Å²) in [6.45, 7) is 8.59. The van der Waals surface area contributed by atoms with Crippen molar-refractivity contribution >= 4 is 0 Å². The smallest absolute Gasteiger partial charge is 0.0510 e. The summed E-state index contributed by atoms with van der Waals surface area (Å²) in [4.78, 5) is 2.64. The lowest BCUT2D eigenvalue weighted by atomic mass is 9.98. The Morgan fingerprint density at radius 3 is 2.95 bits per heavy atom. The van der Waals surface area contributed by atoms with Gasteiger partial charge in [0.15, 0.2) is 0 Å². The molecule has 1 N–H and O–H groups in total. The molecule has 1 saturated heterocycles. The normalized spacial score (nSPS) is 24.5. The van der Waals surface area contributed by atoms with Gasteiger partial charge in [-0.05, 0) is 43.5 Å². The van der Waals surface area contributed by atoms with Gasteiger partial charge in [0.25, 0.3) is 0 Å². The van der Waals surface area contributed by atoms with Crippen molar-refractivity contribution in [1.82, 2.24) is 10.2 Å². The molecule has 1 aromatic rings. The van der Waals surface area contributed by atoms with Crippen molar-refractivity contribution in [2.75, 3.05) is 32.8 Å². The molecule has 0 bridgehead atoms. The molecular weight excluding hydrogens is 260 g/mol. The summed E-state index contributed by atoms with van der Waals surface area (Å²) in [7, 11) is 0. The van der Waals surface area contributed by atoms with Gasteiger partial charge in [-0.2, -0.15) is 0 Å². The second kappa shape index (κ2) is 7.39. The number of hydrogen-bond donors (Lipinski definition) is 1. The van der Waals surface area contributed by atoms with E-state index in [1.54, 1.807) is 5.56 Å². The molecule has 2 aliphatic rings. The molecule has 0 amide bonds. The van der Waals surface area contributed by atoms with Gasteiger partial charge in [-0.25, -0.2) is 0 Å². The van der Waals surface area contributed by atoms with Gasteiger partial charge in [-0.15, -0.1) is 0 Å². The molecule has 0 spiro atoms. The van der Waals surface area contributed by atoms with Crippen LogP contribution in [0.1, 0.15) is 30.9 Å². The average molecular weight is 288 g/mol. The Morgan fingerprint density at radius 2 is 2.19 bits per heavy atom. The van der Waals surface area contributed by atoms with Gasteiger partial charge in [0.2, 0.25) is 0 Å². The van der Waals surface area contributed by atoms with Gasteiger partial charge in [-0.1, -0.05) is 31.2 Å². The van der Waals surface area contributed by atoms with Crippen molar-refractivity contribution in [3.8, 4) is 0 Å². The van der Waals surface area contributed by atoms with Crippen molar-refractivity contribution in [2.24, 2.45) is 5.92 Å². The highest BCUT2D eigenvalue weighted by atomic mass is 16.5. The van der Waals surface area contributed by atoms with Crippen LogP contribution in [0.5, 0.6) is 0 Å². The zero-order valence-electron chi connectivity index (χ0n) is 13.2. The first-order valence-corrected chi connectivity index (χ1v) is 8.47. The van der Waals surface area contributed by atoms with E-state index >= 15 is 0 Å². The molecule has 2 heterocycles. The Kier molecular flexibility index (Phi) is 5.28. The standard InChI is InChI=1S/C18H28N2O/c1-2-19-18(17-9-11-21-14-17)13-20-10-5-8-15-6-3-4-7-16(15)12-20/h3-4,6-7,17-19H,2,5,8-14H2,1H3. The first-order valence-electron chi connectivity index (χ1n) is 8.47. The molecular formula is C18H28N2O. The van der Waals surface area contributed by atoms with Crippen LogP contribution in [0, 0.1) is 5.92 Å². The quantitative estimate of drug-likeness (QED) is 0.901. The van der Waals surface area contributed by atoms with Gasteiger partial charge in [0, 0.05) is 31.7 Å². The van der Waals surface area contributed by atoms with E-state index in [1.807, 2.05) is 0 Å². The second-order valence-corrected chi connectivity index (χ2v) is 6.40. The Labute approximate surface area is 128 Å². The van der Waals surface area contributed by atoms with E-state index in [2.05, 4.69) is 41.4 Å². The average Bonchev–Trinajstić information content (AvgIpc) is 2.95. The molecule has 0 aliphatic carbocycles. The number of rotatable bonds is 5. The van der Waals surface area contributed by atoms with E-state index in [4.69, 9.17) is 4.74 Å². The second-order valence-electron chi connectivity index (χ2n) is 6.40. The number of benzene rings is 1. The Bertz CT molecular complexity index is 443. The van der Waals surface area contributed by atoms with Crippen LogP contribution in [0.15, 0.2) is 24.3 Å². The number of nitrogens with zero attached hydrogens (tertiary/aromatic N) is 1. The van der Waals surface area contributed by atoms with Gasteiger partial charge < -0.3 is 10.1 Å². The van der Waals surface area contributed by atoms with Gasteiger partial charge >= 0.3 is 0 Å². The van der Waals surface area contributed by atoms with Gasteiger partial charge in [0.05, 0.1) is 6.61 Å². The highest BCUT2D eigenvalue weighted by molar-refractivity contribution is 5.28. The molecule has 0 aromatic heterocycles. The van der Waals surface area contributed by atoms with Crippen LogP contribution >= 0.6 is 0 Å². The van der Waals surface area contributed by atoms with E-state index in [-0.39, 0.29) is 0 Å². The molecule has 3 rings (SSSR count). The molecule has 2 aliphatic heterocycles. The van der Waals surface area contributed by atoms with Crippen LogP contribution in [0.3, 0.4) is 0 Å². The Morgan fingerprint density at radius 1 is 1.33 bits per heavy atom. The Hall–Kier alpha value is -0.900. The molecule has 21 heavy (non-hydrogen) atoms. The minimum atomic E-state index is 0.572. The summed E-state index contributed by atoms with van der Waals surface area (Å²) in [6, 6.07) is 9.52. The lowest BCUT2D eigenvalue weighted by Crippen LogP contribution is -2.45. The van der Waals surface area contributed by atoms with Gasteiger partial charge in [-0.3, -0.25) is 4.90 Å². The first-order chi connectivity index (χ1) is 10.4. The van der Waals surface area contributed by atoms with Crippen LogP contribution in [-0.4, -0.2) is 43.8 Å². The molecule has 3 heteroatoms. The fourth-order valence-corrected chi connectivity index (χ4v) is 3.72. The predicted molar refractivity (Wildman–Crippen MR) is 86.4 cm³/mol. The number of likely N-dealkylation sites (N-methyl/N-ethyl adjacent to an activating group) is 1. The third-order valence-electron chi connectivity index (χ3n) is 4.89. The van der Waals surface area contributed by atoms with E-state index in [0.717, 1.165) is 32.8 Å². The highest BCUT2D eigenvalue weighted by Crippen LogP contribution is 2.22. The molecule has 3 nitrogen and oxygen atoms in total. The largest absolute Gasteiger partial charge is 0.381 e. The number of nitrogens with one attached hydrogen (secondary N) is 1. The summed E-state index contributed by atoms with van der Waals surface area (Å²) in [5, 5.41) is 3.69. The maximum absolute atomic E-state index is 5.60. The number of hydrogen-bond acceptors (Lipinski definition) is 3. The number of aryl methyl sites for hydroxylation is 1. The van der Waals surface area contributed by atoms with Crippen LogP contribution < -0.4 is 5.32 Å². The van der Waals surface area contributed by atoms with Crippen molar-refractivity contribution < 1.29 is 4.74 Å². The zero-order chi connectivity index (χ0) is 14.5. The van der Waals surface area contributed by atoms with E-state index < -0.39 is 0 Å². The molecule has 2 unspecified atom stereocenters. The van der Waals surface area contributed by atoms with Crippen molar-refractivity contribution in [3.63, 3.8) is 0 Å². The fraction of sp³-hybridized carbons (Fsp3) is 0.667. The lowest BCUT2D eigenvalue weighted by molar-refractivity contribution is 0.159. The van der Waals surface area contributed by atoms with Crippen molar-refractivity contribution in [1.29, 1.82) is 0 Å². The summed E-state index contributed by atoms with van der Waals surface area (Å²) >= 11 is 0. The third kappa shape index (κ3) is 3.85. The SMILES string of the molecule is CCNC(CN1CCCc2ccccc2C1)C1CCOC1. The molecule has 116 valence electrons. The van der Waals surface area contributed by atoms with E-state index in [0.29, 0.717) is 12.0 Å². The first kappa shape index (κ1) is 15.0. The zero-order valence-corrected chi connectivity index (χ0v) is 13.2. The number of ether oxygens (including phenoxy) is 1. The highest BCUT2D eigenvalue weighted by Gasteiger charge is 2.27. The van der Waals surface area contributed by atoms with Crippen LogP contribution in [-0.2, 0) is 17.7 Å². The minimum absolute atomic E-state index is 0.572. The van der Waals surface area contributed by atoms with E-state index in [9.17, 15) is 0 Å². The summed E-state index contributed by atoms with van der Waals surface area (Å²) in [6.07, 6.45) is 3.71. The summed E-state index contributed by atoms with van der Waals surface area (Å²) < 4.78 is 5.60. The molecule has 0 saturated carbocycles. The fourth-order valence-electron chi connectivity index (χ4n) is 3.72. The van der Waals surface area contributed by atoms with Crippen LogP contribution in [0.4, 0.5) is 0 Å². The van der Waals surface area contributed by atoms with Crippen LogP contribution in [0.2, 0.25) is 0 Å². The number of fused-ring (bicyclic) bond motifs is 1. The maximum Gasteiger partial charge on any atom is 0.0510 e. The summed E-state index contributed by atoms with van der Waals surface area (Å²) in [5.74, 6) is 0.684. The molecule has 1 aromatic carbocycles. The van der Waals surface area contributed by atoms with Gasteiger partial charge in [0.1, 0.15) is 0 Å². The van der Waals surface area contributed by atoms with Crippen LogP contribution in [0.25, 0.3) is 0 Å². The van der Waals surface area contributed by atoms with Crippen molar-refractivity contribution in [2.45, 2.75) is 38.8 Å².